The number of carbonyl (C=O) groups is 1. The predicted octanol–water partition coefficient (Wildman–Crippen LogP) is 4.32. The summed E-state index contributed by atoms with van der Waals surface area (Å²) in [4.78, 5) is 13.1. The average molecular weight is 382 g/mol. The molecule has 142 valence electrons. The van der Waals surface area contributed by atoms with Crippen molar-refractivity contribution in [1.29, 1.82) is 0 Å². The zero-order valence-electron chi connectivity index (χ0n) is 13.7. The number of nitrogens with zero attached hydrogens (tertiary/aromatic N) is 1. The van der Waals surface area contributed by atoms with E-state index in [2.05, 4.69) is 10.3 Å². The highest BCUT2D eigenvalue weighted by Gasteiger charge is 2.38. The number of aromatic hydroxyl groups is 1. The number of aliphatic carboxylic acids is 1. The lowest BCUT2D eigenvalue weighted by Crippen LogP contribution is -2.21. The molecule has 0 saturated heterocycles. The SMILES string of the molecule is O=C(O)C(F)(F)F.Oc1ccc(CNc2ccccc2F)c2cccnc12. The van der Waals surface area contributed by atoms with E-state index in [0.29, 0.717) is 17.7 Å². The van der Waals surface area contributed by atoms with Crippen LogP contribution < -0.4 is 5.32 Å². The van der Waals surface area contributed by atoms with Crippen LogP contribution in [-0.2, 0) is 11.3 Å². The minimum Gasteiger partial charge on any atom is -0.506 e. The average Bonchev–Trinajstić information content (AvgIpc) is 2.62. The van der Waals surface area contributed by atoms with Crippen LogP contribution >= 0.6 is 0 Å². The number of hydrogen-bond acceptors (Lipinski definition) is 4. The lowest BCUT2D eigenvalue weighted by atomic mass is 10.1. The second kappa shape index (κ2) is 8.35. The zero-order valence-corrected chi connectivity index (χ0v) is 13.7. The predicted molar refractivity (Wildman–Crippen MR) is 90.8 cm³/mol. The number of fused-ring (bicyclic) bond motifs is 1. The fourth-order valence-corrected chi connectivity index (χ4v) is 2.17. The topological polar surface area (TPSA) is 82.5 Å². The van der Waals surface area contributed by atoms with Gasteiger partial charge in [0.05, 0.1) is 5.69 Å². The van der Waals surface area contributed by atoms with E-state index in [1.807, 2.05) is 18.2 Å². The van der Waals surface area contributed by atoms with Gasteiger partial charge in [0, 0.05) is 18.1 Å². The third kappa shape index (κ3) is 5.30. The fraction of sp³-hybridized carbons (Fsp3) is 0.111. The maximum Gasteiger partial charge on any atom is 0.490 e. The van der Waals surface area contributed by atoms with Gasteiger partial charge >= 0.3 is 12.1 Å². The molecule has 0 aliphatic heterocycles. The molecule has 0 atom stereocenters. The van der Waals surface area contributed by atoms with Crippen LogP contribution in [0.2, 0.25) is 0 Å². The number of phenols is 1. The Bertz CT molecular complexity index is 945. The fourth-order valence-electron chi connectivity index (χ4n) is 2.17. The van der Waals surface area contributed by atoms with E-state index in [9.17, 15) is 22.7 Å². The number of carboxylic acids is 1. The smallest absolute Gasteiger partial charge is 0.490 e. The van der Waals surface area contributed by atoms with E-state index in [4.69, 9.17) is 9.90 Å². The molecule has 1 aromatic heterocycles. The molecule has 27 heavy (non-hydrogen) atoms. The largest absolute Gasteiger partial charge is 0.506 e. The Kier molecular flexibility index (Phi) is 6.17. The summed E-state index contributed by atoms with van der Waals surface area (Å²) in [7, 11) is 0. The van der Waals surface area contributed by atoms with Crippen molar-refractivity contribution >= 4 is 22.6 Å². The number of anilines is 1. The first kappa shape index (κ1) is 20.0. The van der Waals surface area contributed by atoms with Gasteiger partial charge in [-0.1, -0.05) is 24.3 Å². The number of aromatic nitrogens is 1. The Labute approximate surface area is 150 Å². The number of hydrogen-bond donors (Lipinski definition) is 3. The molecule has 0 aliphatic carbocycles. The van der Waals surface area contributed by atoms with Crippen molar-refractivity contribution in [2.24, 2.45) is 0 Å². The van der Waals surface area contributed by atoms with Crippen molar-refractivity contribution in [3.63, 3.8) is 0 Å². The van der Waals surface area contributed by atoms with Crippen LogP contribution in [0.15, 0.2) is 54.7 Å². The molecule has 1 heterocycles. The van der Waals surface area contributed by atoms with Gasteiger partial charge in [0.15, 0.2) is 0 Å². The number of benzene rings is 2. The van der Waals surface area contributed by atoms with E-state index in [1.165, 1.54) is 6.07 Å². The first-order valence-electron chi connectivity index (χ1n) is 7.54. The third-order valence-corrected chi connectivity index (χ3v) is 3.42. The number of para-hydroxylation sites is 1. The first-order chi connectivity index (χ1) is 12.7. The van der Waals surface area contributed by atoms with Crippen molar-refractivity contribution in [2.45, 2.75) is 12.7 Å². The highest BCUT2D eigenvalue weighted by Crippen LogP contribution is 2.26. The van der Waals surface area contributed by atoms with Crippen molar-refractivity contribution in [2.75, 3.05) is 5.32 Å². The van der Waals surface area contributed by atoms with E-state index in [-0.39, 0.29) is 11.6 Å². The Morgan fingerprint density at radius 1 is 1.07 bits per heavy atom. The van der Waals surface area contributed by atoms with Gasteiger partial charge in [-0.3, -0.25) is 4.98 Å². The minimum atomic E-state index is -5.08. The van der Waals surface area contributed by atoms with Crippen LogP contribution in [0.3, 0.4) is 0 Å². The molecular weight excluding hydrogens is 368 g/mol. The van der Waals surface area contributed by atoms with Gasteiger partial charge in [-0.15, -0.1) is 0 Å². The lowest BCUT2D eigenvalue weighted by Gasteiger charge is -2.10. The normalized spacial score (nSPS) is 10.8. The number of halogens is 4. The Morgan fingerprint density at radius 2 is 1.74 bits per heavy atom. The molecule has 0 aliphatic rings. The van der Waals surface area contributed by atoms with E-state index < -0.39 is 12.1 Å². The number of phenolic OH excluding ortho intramolecular Hbond substituents is 1. The summed E-state index contributed by atoms with van der Waals surface area (Å²) >= 11 is 0. The van der Waals surface area contributed by atoms with Crippen LogP contribution in [0.1, 0.15) is 5.56 Å². The maximum absolute atomic E-state index is 13.6. The van der Waals surface area contributed by atoms with Crippen LogP contribution in [-0.4, -0.2) is 27.3 Å². The van der Waals surface area contributed by atoms with Crippen molar-refractivity contribution in [3.05, 3.63) is 66.1 Å². The van der Waals surface area contributed by atoms with Crippen LogP contribution in [0.4, 0.5) is 23.2 Å². The number of alkyl halides is 3. The van der Waals surface area contributed by atoms with Crippen molar-refractivity contribution < 1.29 is 32.6 Å². The van der Waals surface area contributed by atoms with Gasteiger partial charge in [0.2, 0.25) is 0 Å². The second-order valence-electron chi connectivity index (χ2n) is 5.28. The third-order valence-electron chi connectivity index (χ3n) is 3.42. The molecule has 3 aromatic rings. The first-order valence-corrected chi connectivity index (χ1v) is 7.54. The molecule has 0 fully saturated rings. The van der Waals surface area contributed by atoms with E-state index in [1.54, 1.807) is 30.5 Å². The monoisotopic (exact) mass is 382 g/mol. The number of carboxylic acid groups (broad SMARTS) is 1. The summed E-state index contributed by atoms with van der Waals surface area (Å²) in [5.74, 6) is -2.89. The van der Waals surface area contributed by atoms with Gasteiger partial charge in [0.25, 0.3) is 0 Å². The number of pyridine rings is 1. The van der Waals surface area contributed by atoms with Gasteiger partial charge < -0.3 is 15.5 Å². The number of nitrogens with one attached hydrogen (secondary N) is 1. The molecule has 0 amide bonds. The molecule has 0 radical (unpaired) electrons. The summed E-state index contributed by atoms with van der Waals surface area (Å²) in [5, 5.41) is 20.8. The standard InChI is InChI=1S/C16H13FN2O.C2HF3O2/c17-13-5-1-2-6-14(13)19-10-11-7-8-15(20)16-12(11)4-3-9-18-16;3-2(4,5)1(6)7/h1-9,19-20H,10H2;(H,6,7). The van der Waals surface area contributed by atoms with Crippen molar-refractivity contribution in [3.8, 4) is 5.75 Å². The highest BCUT2D eigenvalue weighted by molar-refractivity contribution is 5.87. The molecule has 9 heteroatoms. The van der Waals surface area contributed by atoms with Gasteiger partial charge in [-0.25, -0.2) is 9.18 Å². The lowest BCUT2D eigenvalue weighted by molar-refractivity contribution is -0.192. The molecule has 5 nitrogen and oxygen atoms in total. The quantitative estimate of drug-likeness (QED) is 0.588. The molecule has 0 saturated carbocycles. The van der Waals surface area contributed by atoms with Crippen LogP contribution in [0, 0.1) is 5.82 Å². The Morgan fingerprint density at radius 3 is 2.37 bits per heavy atom. The molecule has 0 bridgehead atoms. The van der Waals surface area contributed by atoms with E-state index in [0.717, 1.165) is 10.9 Å². The maximum atomic E-state index is 13.6. The zero-order chi connectivity index (χ0) is 20.0. The Hall–Kier alpha value is -3.36. The summed E-state index contributed by atoms with van der Waals surface area (Å²) < 4.78 is 45.3. The molecular formula is C18H14F4N2O3. The molecule has 3 rings (SSSR count). The molecule has 3 N–H and O–H groups in total. The van der Waals surface area contributed by atoms with Crippen LogP contribution in [0.25, 0.3) is 10.9 Å². The Balaban J connectivity index is 0.000000321. The van der Waals surface area contributed by atoms with Crippen molar-refractivity contribution in [1.82, 2.24) is 4.98 Å². The highest BCUT2D eigenvalue weighted by atomic mass is 19.4. The summed E-state index contributed by atoms with van der Waals surface area (Å²) in [6, 6.07) is 13.7. The summed E-state index contributed by atoms with van der Waals surface area (Å²) in [6.07, 6.45) is -3.45. The van der Waals surface area contributed by atoms with Gasteiger partial charge in [0.1, 0.15) is 17.1 Å². The minimum absolute atomic E-state index is 0.148. The second-order valence-corrected chi connectivity index (χ2v) is 5.28. The van der Waals surface area contributed by atoms with Gasteiger partial charge in [-0.05, 0) is 29.8 Å². The molecule has 0 unspecified atom stereocenters. The summed E-state index contributed by atoms with van der Waals surface area (Å²) in [5.41, 5.74) is 1.96. The van der Waals surface area contributed by atoms with Crippen LogP contribution in [0.5, 0.6) is 5.75 Å². The molecule has 0 spiro atoms. The van der Waals surface area contributed by atoms with Gasteiger partial charge in [-0.2, -0.15) is 13.2 Å². The number of rotatable bonds is 3. The molecule has 2 aromatic carbocycles. The summed E-state index contributed by atoms with van der Waals surface area (Å²) in [6.45, 7) is 0.462. The van der Waals surface area contributed by atoms with E-state index >= 15 is 0 Å².